The summed E-state index contributed by atoms with van der Waals surface area (Å²) in [7, 11) is 0. The first kappa shape index (κ1) is 13.4. The Morgan fingerprint density at radius 2 is 2.06 bits per heavy atom. The first-order chi connectivity index (χ1) is 7.74. The fraction of sp³-hybridized carbons (Fsp3) is 0.500. The average molecular weight is 245 g/mol. The van der Waals surface area contributed by atoms with E-state index in [0.717, 1.165) is 32.5 Å². The van der Waals surface area contributed by atoms with Gasteiger partial charge in [0.15, 0.2) is 0 Å². The van der Waals surface area contributed by atoms with Crippen molar-refractivity contribution in [2.75, 3.05) is 19.6 Å². The first-order valence-corrected chi connectivity index (χ1v) is 5.96. The summed E-state index contributed by atoms with van der Waals surface area (Å²) < 4.78 is 13.3. The highest BCUT2D eigenvalue weighted by Gasteiger charge is 2.02. The lowest BCUT2D eigenvalue weighted by atomic mass is 10.1. The highest BCUT2D eigenvalue weighted by molar-refractivity contribution is 6.30. The zero-order chi connectivity index (χ0) is 11.8. The van der Waals surface area contributed by atoms with Gasteiger partial charge in [-0.1, -0.05) is 11.6 Å². The van der Waals surface area contributed by atoms with Crippen LogP contribution in [0.2, 0.25) is 5.02 Å². The summed E-state index contributed by atoms with van der Waals surface area (Å²) in [6, 6.07) is 4.65. The van der Waals surface area contributed by atoms with E-state index in [4.69, 9.17) is 17.3 Å². The number of hydrogen-bond acceptors (Lipinski definition) is 2. The summed E-state index contributed by atoms with van der Waals surface area (Å²) in [4.78, 5) is 0. The second-order valence-electron chi connectivity index (χ2n) is 3.73. The number of unbranched alkanes of at least 4 members (excludes halogenated alkanes) is 1. The van der Waals surface area contributed by atoms with E-state index >= 15 is 0 Å². The minimum Gasteiger partial charge on any atom is -0.330 e. The van der Waals surface area contributed by atoms with Gasteiger partial charge in [-0.3, -0.25) is 0 Å². The van der Waals surface area contributed by atoms with Gasteiger partial charge in [0, 0.05) is 5.02 Å². The molecule has 1 rings (SSSR count). The maximum atomic E-state index is 13.3. The molecule has 0 bridgehead atoms. The first-order valence-electron chi connectivity index (χ1n) is 5.58. The zero-order valence-electron chi connectivity index (χ0n) is 9.31. The molecule has 0 heterocycles. The molecule has 0 aliphatic heterocycles. The zero-order valence-corrected chi connectivity index (χ0v) is 10.1. The lowest BCUT2D eigenvalue weighted by molar-refractivity contribution is 0.589. The topological polar surface area (TPSA) is 38.0 Å². The third-order valence-electron chi connectivity index (χ3n) is 2.39. The number of halogens is 2. The minimum atomic E-state index is -0.187. The van der Waals surface area contributed by atoms with E-state index in [-0.39, 0.29) is 5.82 Å². The van der Waals surface area contributed by atoms with Crippen LogP contribution in [0.4, 0.5) is 4.39 Å². The minimum absolute atomic E-state index is 0.187. The summed E-state index contributed by atoms with van der Waals surface area (Å²) in [5.74, 6) is -0.187. The molecular formula is C12H18ClFN2. The van der Waals surface area contributed by atoms with E-state index < -0.39 is 0 Å². The number of rotatable bonds is 7. The summed E-state index contributed by atoms with van der Waals surface area (Å²) in [5.41, 5.74) is 6.04. The Kier molecular flexibility index (Phi) is 6.38. The predicted octanol–water partition coefficient (Wildman–Crippen LogP) is 2.35. The summed E-state index contributed by atoms with van der Waals surface area (Å²) in [6.07, 6.45) is 2.75. The van der Waals surface area contributed by atoms with Crippen LogP contribution in [-0.4, -0.2) is 19.6 Å². The number of nitrogens with two attached hydrogens (primary N) is 1. The Morgan fingerprint density at radius 3 is 2.81 bits per heavy atom. The van der Waals surface area contributed by atoms with Gasteiger partial charge < -0.3 is 11.1 Å². The van der Waals surface area contributed by atoms with Crippen LogP contribution < -0.4 is 11.1 Å². The molecule has 0 saturated heterocycles. The van der Waals surface area contributed by atoms with Gasteiger partial charge in [-0.25, -0.2) is 4.39 Å². The molecule has 0 saturated carbocycles. The molecule has 3 N–H and O–H groups in total. The van der Waals surface area contributed by atoms with E-state index in [9.17, 15) is 4.39 Å². The predicted molar refractivity (Wildman–Crippen MR) is 66.3 cm³/mol. The molecule has 4 heteroatoms. The van der Waals surface area contributed by atoms with Crippen molar-refractivity contribution >= 4 is 11.6 Å². The van der Waals surface area contributed by atoms with Crippen molar-refractivity contribution in [3.63, 3.8) is 0 Å². The monoisotopic (exact) mass is 244 g/mol. The smallest absolute Gasteiger partial charge is 0.126 e. The largest absolute Gasteiger partial charge is 0.330 e. The van der Waals surface area contributed by atoms with Gasteiger partial charge >= 0.3 is 0 Å². The highest BCUT2D eigenvalue weighted by Crippen LogP contribution is 2.14. The molecule has 0 spiro atoms. The fourth-order valence-corrected chi connectivity index (χ4v) is 1.67. The lowest BCUT2D eigenvalue weighted by Gasteiger charge is -2.05. The Hall–Kier alpha value is -0.640. The van der Waals surface area contributed by atoms with Crippen LogP contribution >= 0.6 is 11.6 Å². The quantitative estimate of drug-likeness (QED) is 0.723. The van der Waals surface area contributed by atoms with E-state index in [2.05, 4.69) is 5.32 Å². The van der Waals surface area contributed by atoms with Crippen LogP contribution in [0, 0.1) is 5.82 Å². The van der Waals surface area contributed by atoms with E-state index in [1.165, 1.54) is 6.07 Å². The van der Waals surface area contributed by atoms with Gasteiger partial charge in [0.2, 0.25) is 0 Å². The van der Waals surface area contributed by atoms with Gasteiger partial charge in [0.25, 0.3) is 0 Å². The normalized spacial score (nSPS) is 10.7. The van der Waals surface area contributed by atoms with Crippen molar-refractivity contribution in [2.24, 2.45) is 5.73 Å². The second-order valence-corrected chi connectivity index (χ2v) is 4.17. The van der Waals surface area contributed by atoms with Crippen molar-refractivity contribution in [1.29, 1.82) is 0 Å². The molecule has 0 atom stereocenters. The van der Waals surface area contributed by atoms with E-state index in [1.807, 2.05) is 0 Å². The second kappa shape index (κ2) is 7.60. The standard InChI is InChI=1S/C12H18ClFN2/c13-11-3-4-12(14)10(9-11)5-8-16-7-2-1-6-15/h3-4,9,16H,1-2,5-8,15H2. The Bertz CT molecular complexity index is 318. The molecule has 2 nitrogen and oxygen atoms in total. The molecule has 0 fully saturated rings. The molecule has 0 amide bonds. The van der Waals surface area contributed by atoms with Crippen molar-refractivity contribution in [1.82, 2.24) is 5.32 Å². The average Bonchev–Trinajstić information content (AvgIpc) is 2.28. The fourth-order valence-electron chi connectivity index (χ4n) is 1.48. The molecule has 16 heavy (non-hydrogen) atoms. The molecule has 0 radical (unpaired) electrons. The molecule has 1 aromatic rings. The number of hydrogen-bond donors (Lipinski definition) is 2. The highest BCUT2D eigenvalue weighted by atomic mass is 35.5. The van der Waals surface area contributed by atoms with Crippen molar-refractivity contribution in [2.45, 2.75) is 19.3 Å². The van der Waals surface area contributed by atoms with Gasteiger partial charge in [-0.2, -0.15) is 0 Å². The van der Waals surface area contributed by atoms with Gasteiger partial charge in [-0.15, -0.1) is 0 Å². The van der Waals surface area contributed by atoms with Gasteiger partial charge in [0.05, 0.1) is 0 Å². The molecule has 90 valence electrons. The Morgan fingerprint density at radius 1 is 1.25 bits per heavy atom. The molecule has 0 unspecified atom stereocenters. The van der Waals surface area contributed by atoms with Crippen LogP contribution in [0.5, 0.6) is 0 Å². The van der Waals surface area contributed by atoms with Crippen molar-refractivity contribution in [3.05, 3.63) is 34.6 Å². The molecular weight excluding hydrogens is 227 g/mol. The van der Waals surface area contributed by atoms with Crippen LogP contribution in [0.15, 0.2) is 18.2 Å². The van der Waals surface area contributed by atoms with Crippen molar-refractivity contribution in [3.8, 4) is 0 Å². The lowest BCUT2D eigenvalue weighted by Crippen LogP contribution is -2.19. The maximum Gasteiger partial charge on any atom is 0.126 e. The van der Waals surface area contributed by atoms with Crippen LogP contribution in [0.1, 0.15) is 18.4 Å². The molecule has 0 aromatic heterocycles. The Labute approximate surface area is 101 Å². The third-order valence-corrected chi connectivity index (χ3v) is 2.62. The van der Waals surface area contributed by atoms with Gasteiger partial charge in [0.1, 0.15) is 5.82 Å². The van der Waals surface area contributed by atoms with Crippen LogP contribution in [0.25, 0.3) is 0 Å². The Balaban J connectivity index is 2.23. The van der Waals surface area contributed by atoms with E-state index in [1.54, 1.807) is 12.1 Å². The van der Waals surface area contributed by atoms with Crippen LogP contribution in [0.3, 0.4) is 0 Å². The molecule has 0 aliphatic carbocycles. The summed E-state index contributed by atoms with van der Waals surface area (Å²) >= 11 is 5.80. The summed E-state index contributed by atoms with van der Waals surface area (Å²) in [6.45, 7) is 2.42. The summed E-state index contributed by atoms with van der Waals surface area (Å²) in [5, 5.41) is 3.83. The SMILES string of the molecule is NCCCCNCCc1cc(Cl)ccc1F. The maximum absolute atomic E-state index is 13.3. The molecule has 1 aromatic carbocycles. The number of nitrogens with one attached hydrogen (secondary N) is 1. The molecule has 0 aliphatic rings. The van der Waals surface area contributed by atoms with E-state index in [0.29, 0.717) is 17.0 Å². The van der Waals surface area contributed by atoms with Crippen molar-refractivity contribution < 1.29 is 4.39 Å². The van der Waals surface area contributed by atoms with Crippen LogP contribution in [-0.2, 0) is 6.42 Å². The number of benzene rings is 1. The third kappa shape index (κ3) is 4.92. The van der Waals surface area contributed by atoms with Gasteiger partial charge in [-0.05, 0) is 62.7 Å².